The van der Waals surface area contributed by atoms with Crippen LogP contribution in [-0.2, 0) is 0 Å². The van der Waals surface area contributed by atoms with Gasteiger partial charge in [0.15, 0.2) is 0 Å². The van der Waals surface area contributed by atoms with Crippen molar-refractivity contribution in [2.24, 2.45) is 0 Å². The van der Waals surface area contributed by atoms with Gasteiger partial charge in [-0.2, -0.15) is 0 Å². The molecule has 5 nitrogen and oxygen atoms in total. The van der Waals surface area contributed by atoms with Crippen molar-refractivity contribution < 1.29 is 5.11 Å². The van der Waals surface area contributed by atoms with Gasteiger partial charge in [0.2, 0.25) is 0 Å². The number of aryl methyl sites for hydroxylation is 1. The Hall–Kier alpha value is -2.53. The molecule has 24 heavy (non-hydrogen) atoms. The maximum atomic E-state index is 9.93. The first-order chi connectivity index (χ1) is 11.6. The van der Waals surface area contributed by atoms with E-state index in [-0.39, 0.29) is 0 Å². The number of pyridine rings is 3. The predicted molar refractivity (Wildman–Crippen MR) is 96.9 cm³/mol. The van der Waals surface area contributed by atoms with Crippen LogP contribution in [0.4, 0.5) is 5.82 Å². The molecule has 0 spiro atoms. The minimum atomic E-state index is -0.518. The van der Waals surface area contributed by atoms with Crippen molar-refractivity contribution in [3.05, 3.63) is 48.0 Å². The summed E-state index contributed by atoms with van der Waals surface area (Å²) in [4.78, 5) is 13.4. The Morgan fingerprint density at radius 1 is 1.00 bits per heavy atom. The number of fused-ring (bicyclic) bond motifs is 1. The number of anilines is 1. The minimum absolute atomic E-state index is 0.518. The number of hydrogen-bond acceptors (Lipinski definition) is 5. The van der Waals surface area contributed by atoms with Crippen molar-refractivity contribution in [2.75, 3.05) is 11.9 Å². The van der Waals surface area contributed by atoms with E-state index in [1.807, 2.05) is 51.4 Å². The van der Waals surface area contributed by atoms with Crippen LogP contribution < -0.4 is 5.32 Å². The molecule has 0 saturated carbocycles. The Kier molecular flexibility index (Phi) is 4.71. The van der Waals surface area contributed by atoms with Crippen LogP contribution in [0.1, 0.15) is 37.6 Å². The molecular formula is C19H22N4O. The third-order valence-electron chi connectivity index (χ3n) is 4.10. The highest BCUT2D eigenvalue weighted by atomic mass is 16.3. The molecule has 0 unspecified atom stereocenters. The summed E-state index contributed by atoms with van der Waals surface area (Å²) >= 11 is 0. The lowest BCUT2D eigenvalue weighted by Gasteiger charge is -2.11. The molecule has 3 heterocycles. The van der Waals surface area contributed by atoms with Gasteiger partial charge in [-0.05, 0) is 44.0 Å². The summed E-state index contributed by atoms with van der Waals surface area (Å²) in [5.74, 6) is 0.857. The maximum absolute atomic E-state index is 9.93. The summed E-state index contributed by atoms with van der Waals surface area (Å²) in [5.41, 5.74) is 3.59. The van der Waals surface area contributed by atoms with E-state index in [2.05, 4.69) is 20.3 Å². The molecule has 5 heteroatoms. The van der Waals surface area contributed by atoms with Gasteiger partial charge in [0.1, 0.15) is 5.82 Å². The van der Waals surface area contributed by atoms with Gasteiger partial charge >= 0.3 is 0 Å². The Labute approximate surface area is 141 Å². The van der Waals surface area contributed by atoms with Crippen molar-refractivity contribution in [2.45, 2.75) is 33.3 Å². The summed E-state index contributed by atoms with van der Waals surface area (Å²) in [6.07, 6.45) is 5.64. The first-order valence-electron chi connectivity index (χ1n) is 8.27. The van der Waals surface area contributed by atoms with Gasteiger partial charge in [0.25, 0.3) is 0 Å². The van der Waals surface area contributed by atoms with Gasteiger partial charge in [-0.1, -0.05) is 6.92 Å². The fourth-order valence-electron chi connectivity index (χ4n) is 2.70. The van der Waals surface area contributed by atoms with E-state index < -0.39 is 6.10 Å². The molecule has 3 aromatic heterocycles. The summed E-state index contributed by atoms with van der Waals surface area (Å²) in [5, 5.41) is 15.2. The fourth-order valence-corrected chi connectivity index (χ4v) is 2.70. The second kappa shape index (κ2) is 6.93. The molecule has 124 valence electrons. The Morgan fingerprint density at radius 2 is 1.75 bits per heavy atom. The summed E-state index contributed by atoms with van der Waals surface area (Å²) in [6.45, 7) is 6.84. The van der Waals surface area contributed by atoms with Gasteiger partial charge in [-0.25, -0.2) is 4.98 Å². The van der Waals surface area contributed by atoms with Crippen LogP contribution in [0.25, 0.3) is 22.0 Å². The van der Waals surface area contributed by atoms with Crippen molar-refractivity contribution in [3.8, 4) is 11.3 Å². The molecule has 0 amide bonds. The Bertz CT molecular complexity index is 863. The average molecular weight is 322 g/mol. The van der Waals surface area contributed by atoms with E-state index in [4.69, 9.17) is 0 Å². The van der Waals surface area contributed by atoms with Crippen LogP contribution >= 0.6 is 0 Å². The number of nitrogens with one attached hydrogen (secondary N) is 1. The lowest BCUT2D eigenvalue weighted by atomic mass is 10.0. The molecule has 0 fully saturated rings. The molecule has 2 N–H and O–H groups in total. The second-order valence-corrected chi connectivity index (χ2v) is 5.86. The molecule has 0 aliphatic heterocycles. The zero-order chi connectivity index (χ0) is 17.1. The SMILES string of the molecule is CCNc1cc2cnc(-c3cnc([C@@H](O)CC)cc3C)cc2cn1. The first kappa shape index (κ1) is 16.3. The highest BCUT2D eigenvalue weighted by Crippen LogP contribution is 2.26. The van der Waals surface area contributed by atoms with E-state index in [9.17, 15) is 5.11 Å². The van der Waals surface area contributed by atoms with Gasteiger partial charge in [0, 0.05) is 41.5 Å². The first-order valence-corrected chi connectivity index (χ1v) is 8.27. The monoisotopic (exact) mass is 322 g/mol. The zero-order valence-electron chi connectivity index (χ0n) is 14.2. The number of aromatic nitrogens is 3. The summed E-state index contributed by atoms with van der Waals surface area (Å²) in [7, 11) is 0. The summed E-state index contributed by atoms with van der Waals surface area (Å²) in [6, 6.07) is 5.96. The van der Waals surface area contributed by atoms with E-state index >= 15 is 0 Å². The van der Waals surface area contributed by atoms with Crippen molar-refractivity contribution in [1.29, 1.82) is 0 Å². The lowest BCUT2D eigenvalue weighted by Crippen LogP contribution is -2.01. The van der Waals surface area contributed by atoms with Crippen LogP contribution in [0.15, 0.2) is 36.8 Å². The molecular weight excluding hydrogens is 300 g/mol. The topological polar surface area (TPSA) is 70.9 Å². The molecule has 0 radical (unpaired) electrons. The quantitative estimate of drug-likeness (QED) is 0.746. The molecule has 3 aromatic rings. The standard InChI is InChI=1S/C19H22N4O/c1-4-18(24)17-6-12(3)15(11-22-17)16-7-13-10-23-19(20-5-2)8-14(13)9-21-16/h6-11,18,24H,4-5H2,1-3H3,(H,20,23)/t18-/m0/s1. The zero-order valence-corrected chi connectivity index (χ0v) is 14.2. The van der Waals surface area contributed by atoms with Crippen molar-refractivity contribution >= 4 is 16.6 Å². The number of hydrogen-bond donors (Lipinski definition) is 2. The molecule has 1 atom stereocenters. The number of aliphatic hydroxyl groups excluding tert-OH is 1. The van der Waals surface area contributed by atoms with Crippen LogP contribution in [0.3, 0.4) is 0 Å². The number of rotatable bonds is 5. The lowest BCUT2D eigenvalue weighted by molar-refractivity contribution is 0.169. The minimum Gasteiger partial charge on any atom is -0.387 e. The van der Waals surface area contributed by atoms with E-state index in [0.717, 1.165) is 40.0 Å². The maximum Gasteiger partial charge on any atom is 0.126 e. The van der Waals surface area contributed by atoms with Crippen LogP contribution in [0, 0.1) is 6.92 Å². The van der Waals surface area contributed by atoms with Gasteiger partial charge < -0.3 is 10.4 Å². The molecule has 0 aliphatic carbocycles. The van der Waals surface area contributed by atoms with E-state index in [0.29, 0.717) is 12.1 Å². The molecule has 0 bridgehead atoms. The molecule has 0 aromatic carbocycles. The largest absolute Gasteiger partial charge is 0.387 e. The molecule has 3 rings (SSSR count). The van der Waals surface area contributed by atoms with Crippen molar-refractivity contribution in [1.82, 2.24) is 15.0 Å². The van der Waals surface area contributed by atoms with E-state index in [1.165, 1.54) is 0 Å². The average Bonchev–Trinajstić information content (AvgIpc) is 2.61. The second-order valence-electron chi connectivity index (χ2n) is 5.86. The predicted octanol–water partition coefficient (Wildman–Crippen LogP) is 3.88. The normalized spacial score (nSPS) is 12.3. The highest BCUT2D eigenvalue weighted by Gasteiger charge is 2.11. The molecule has 0 saturated heterocycles. The number of aliphatic hydroxyl groups is 1. The highest BCUT2D eigenvalue weighted by molar-refractivity contribution is 5.86. The fraction of sp³-hybridized carbons (Fsp3) is 0.316. The van der Waals surface area contributed by atoms with Crippen LogP contribution in [0.2, 0.25) is 0 Å². The smallest absolute Gasteiger partial charge is 0.126 e. The van der Waals surface area contributed by atoms with Crippen LogP contribution in [-0.4, -0.2) is 26.6 Å². The van der Waals surface area contributed by atoms with Gasteiger partial charge in [0.05, 0.1) is 17.5 Å². The van der Waals surface area contributed by atoms with Gasteiger partial charge in [-0.15, -0.1) is 0 Å². The third kappa shape index (κ3) is 3.21. The van der Waals surface area contributed by atoms with E-state index in [1.54, 1.807) is 6.20 Å². The number of nitrogens with zero attached hydrogens (tertiary/aromatic N) is 3. The molecule has 0 aliphatic rings. The van der Waals surface area contributed by atoms with Crippen molar-refractivity contribution in [3.63, 3.8) is 0 Å². The van der Waals surface area contributed by atoms with Gasteiger partial charge in [-0.3, -0.25) is 9.97 Å². The Morgan fingerprint density at radius 3 is 2.46 bits per heavy atom. The summed E-state index contributed by atoms with van der Waals surface area (Å²) < 4.78 is 0. The Balaban J connectivity index is 1.98. The van der Waals surface area contributed by atoms with Crippen LogP contribution in [0.5, 0.6) is 0 Å². The third-order valence-corrected chi connectivity index (χ3v) is 4.10.